The third-order valence-corrected chi connectivity index (χ3v) is 8.14. The Morgan fingerprint density at radius 1 is 1.03 bits per heavy atom. The molecule has 0 radical (unpaired) electrons. The first kappa shape index (κ1) is 21.6. The van der Waals surface area contributed by atoms with E-state index in [0.717, 1.165) is 38.8 Å². The highest BCUT2D eigenvalue weighted by atomic mass is 16.3. The number of nitrogens with zero attached hydrogens (tertiary/aromatic N) is 1. The number of likely N-dealkylation sites (tertiary alicyclic amines) is 1. The molecular formula is C27H35N3O2. The number of piperidine rings is 1. The molecule has 1 heterocycles. The van der Waals surface area contributed by atoms with Gasteiger partial charge in [0.05, 0.1) is 6.67 Å². The molecule has 3 aliphatic rings. The molecule has 2 aromatic rings. The van der Waals surface area contributed by atoms with E-state index in [1.807, 2.05) is 30.3 Å². The van der Waals surface area contributed by atoms with Crippen molar-refractivity contribution in [3.8, 4) is 0 Å². The van der Waals surface area contributed by atoms with Gasteiger partial charge < -0.3 is 10.4 Å². The van der Waals surface area contributed by atoms with Gasteiger partial charge in [0.25, 0.3) is 5.91 Å². The Kier molecular flexibility index (Phi) is 6.06. The SMILES string of the molecule is CC(c1ccccc1)N1C[C@@H]2C(NCNC(=O)C(O)(c3ccccc3)C3CCCC3)[C@@H]2C1. The third-order valence-electron chi connectivity index (χ3n) is 8.14. The Labute approximate surface area is 191 Å². The van der Waals surface area contributed by atoms with Gasteiger partial charge in [0, 0.05) is 31.1 Å². The maximum atomic E-state index is 13.2. The molecule has 0 aromatic heterocycles. The van der Waals surface area contributed by atoms with E-state index < -0.39 is 5.60 Å². The van der Waals surface area contributed by atoms with Crippen LogP contribution in [0.3, 0.4) is 0 Å². The van der Waals surface area contributed by atoms with Crippen LogP contribution in [0, 0.1) is 17.8 Å². The first-order chi connectivity index (χ1) is 15.6. The van der Waals surface area contributed by atoms with Crippen molar-refractivity contribution in [1.29, 1.82) is 0 Å². The van der Waals surface area contributed by atoms with E-state index >= 15 is 0 Å². The maximum absolute atomic E-state index is 13.2. The standard InChI is InChI=1S/C27H35N3O2/c1-19(20-10-4-2-5-11-20)30-16-23-24(17-30)25(23)28-18-29-26(31)27(32,22-14-8-9-15-22)21-12-6-3-7-13-21/h2-7,10-13,19,22-25,28,32H,8-9,14-18H2,1H3,(H,29,31)/t19?,23-,24+,25?,27?. The van der Waals surface area contributed by atoms with Crippen molar-refractivity contribution in [3.63, 3.8) is 0 Å². The first-order valence-electron chi connectivity index (χ1n) is 12.2. The van der Waals surface area contributed by atoms with Crippen LogP contribution in [-0.4, -0.2) is 41.7 Å². The summed E-state index contributed by atoms with van der Waals surface area (Å²) in [5, 5.41) is 18.1. The summed E-state index contributed by atoms with van der Waals surface area (Å²) >= 11 is 0. The number of aliphatic hydroxyl groups is 1. The molecule has 3 fully saturated rings. The summed E-state index contributed by atoms with van der Waals surface area (Å²) in [6.45, 7) is 4.90. The molecule has 5 heteroatoms. The summed E-state index contributed by atoms with van der Waals surface area (Å²) in [6, 6.07) is 21.1. The molecule has 0 bridgehead atoms. The third kappa shape index (κ3) is 3.98. The van der Waals surface area contributed by atoms with Crippen LogP contribution in [-0.2, 0) is 10.4 Å². The minimum atomic E-state index is -1.44. The second-order valence-electron chi connectivity index (χ2n) is 9.89. The minimum Gasteiger partial charge on any atom is -0.375 e. The van der Waals surface area contributed by atoms with Gasteiger partial charge in [0.2, 0.25) is 0 Å². The lowest BCUT2D eigenvalue weighted by atomic mass is 9.79. The van der Waals surface area contributed by atoms with Gasteiger partial charge in [-0.2, -0.15) is 0 Å². The van der Waals surface area contributed by atoms with Crippen molar-refractivity contribution in [3.05, 3.63) is 71.8 Å². The first-order valence-corrected chi connectivity index (χ1v) is 12.2. The molecular weight excluding hydrogens is 398 g/mol. The highest BCUT2D eigenvalue weighted by Crippen LogP contribution is 2.47. The molecule has 1 amide bonds. The fraction of sp³-hybridized carbons (Fsp3) is 0.519. The Balaban J connectivity index is 1.13. The van der Waals surface area contributed by atoms with Gasteiger partial charge in [-0.15, -0.1) is 0 Å². The van der Waals surface area contributed by atoms with Gasteiger partial charge in [-0.05, 0) is 42.7 Å². The monoisotopic (exact) mass is 433 g/mol. The normalized spacial score (nSPS) is 28.1. The number of carbonyl (C=O) groups is 1. The van der Waals surface area contributed by atoms with Crippen LogP contribution in [0.25, 0.3) is 0 Å². The zero-order valence-electron chi connectivity index (χ0n) is 18.9. The van der Waals surface area contributed by atoms with Gasteiger partial charge >= 0.3 is 0 Å². The average Bonchev–Trinajstić information content (AvgIpc) is 3.25. The second kappa shape index (κ2) is 8.97. The molecule has 170 valence electrons. The van der Waals surface area contributed by atoms with Crippen molar-refractivity contribution < 1.29 is 9.90 Å². The Morgan fingerprint density at radius 3 is 2.25 bits per heavy atom. The zero-order chi connectivity index (χ0) is 22.1. The number of hydrogen-bond acceptors (Lipinski definition) is 4. The lowest BCUT2D eigenvalue weighted by Crippen LogP contribution is -2.51. The number of rotatable bonds is 8. The highest BCUT2D eigenvalue weighted by molar-refractivity contribution is 5.86. The Hall–Kier alpha value is -2.21. The predicted octanol–water partition coefficient (Wildman–Crippen LogP) is 3.42. The largest absolute Gasteiger partial charge is 0.375 e. The fourth-order valence-electron chi connectivity index (χ4n) is 6.09. The average molecular weight is 434 g/mol. The highest BCUT2D eigenvalue weighted by Gasteiger charge is 2.56. The van der Waals surface area contributed by atoms with E-state index in [0.29, 0.717) is 36.2 Å². The van der Waals surface area contributed by atoms with Gasteiger partial charge in [0.1, 0.15) is 0 Å². The van der Waals surface area contributed by atoms with Gasteiger partial charge in [-0.1, -0.05) is 73.5 Å². The molecule has 2 aliphatic carbocycles. The maximum Gasteiger partial charge on any atom is 0.257 e. The van der Waals surface area contributed by atoms with Gasteiger partial charge in [-0.25, -0.2) is 0 Å². The van der Waals surface area contributed by atoms with E-state index in [1.54, 1.807) is 0 Å². The molecule has 32 heavy (non-hydrogen) atoms. The molecule has 5 nitrogen and oxygen atoms in total. The van der Waals surface area contributed by atoms with Crippen LogP contribution in [0.4, 0.5) is 0 Å². The van der Waals surface area contributed by atoms with Crippen molar-refractivity contribution in [1.82, 2.24) is 15.5 Å². The predicted molar refractivity (Wildman–Crippen MR) is 126 cm³/mol. The molecule has 1 aliphatic heterocycles. The molecule has 5 atom stereocenters. The van der Waals surface area contributed by atoms with Crippen LogP contribution in [0.15, 0.2) is 60.7 Å². The second-order valence-corrected chi connectivity index (χ2v) is 9.89. The number of fused-ring (bicyclic) bond motifs is 1. The smallest absolute Gasteiger partial charge is 0.257 e. The van der Waals surface area contributed by atoms with Gasteiger partial charge in [-0.3, -0.25) is 15.0 Å². The minimum absolute atomic E-state index is 0.0155. The number of nitrogens with one attached hydrogen (secondary N) is 2. The van der Waals surface area contributed by atoms with E-state index in [4.69, 9.17) is 0 Å². The van der Waals surface area contributed by atoms with E-state index in [9.17, 15) is 9.90 Å². The molecule has 3 N–H and O–H groups in total. The van der Waals surface area contributed by atoms with Crippen LogP contribution in [0.2, 0.25) is 0 Å². The molecule has 2 aromatic carbocycles. The van der Waals surface area contributed by atoms with Crippen LogP contribution in [0.5, 0.6) is 0 Å². The molecule has 2 saturated carbocycles. The van der Waals surface area contributed by atoms with E-state index in [1.165, 1.54) is 5.56 Å². The summed E-state index contributed by atoms with van der Waals surface area (Å²) in [4.78, 5) is 15.8. The van der Waals surface area contributed by atoms with E-state index in [2.05, 4.69) is 52.8 Å². The summed E-state index contributed by atoms with van der Waals surface area (Å²) < 4.78 is 0. The molecule has 3 unspecified atom stereocenters. The Morgan fingerprint density at radius 2 is 1.62 bits per heavy atom. The van der Waals surface area contributed by atoms with Crippen molar-refractivity contribution in [2.45, 2.75) is 50.3 Å². The van der Waals surface area contributed by atoms with Crippen LogP contribution >= 0.6 is 0 Å². The summed E-state index contributed by atoms with van der Waals surface area (Å²) in [5.41, 5.74) is 0.636. The number of hydrogen-bond donors (Lipinski definition) is 3. The summed E-state index contributed by atoms with van der Waals surface area (Å²) in [7, 11) is 0. The molecule has 1 saturated heterocycles. The molecule has 5 rings (SSSR count). The zero-order valence-corrected chi connectivity index (χ0v) is 18.9. The van der Waals surface area contributed by atoms with E-state index in [-0.39, 0.29) is 11.8 Å². The summed E-state index contributed by atoms with van der Waals surface area (Å²) in [5.74, 6) is 1.02. The number of amides is 1. The van der Waals surface area contributed by atoms with Crippen LogP contribution < -0.4 is 10.6 Å². The van der Waals surface area contributed by atoms with Crippen molar-refractivity contribution in [2.75, 3.05) is 19.8 Å². The quantitative estimate of drug-likeness (QED) is 0.558. The summed E-state index contributed by atoms with van der Waals surface area (Å²) in [6.07, 6.45) is 3.95. The number of carbonyl (C=O) groups excluding carboxylic acids is 1. The molecule has 0 spiro atoms. The lowest BCUT2D eigenvalue weighted by molar-refractivity contribution is -0.147. The van der Waals surface area contributed by atoms with Crippen molar-refractivity contribution >= 4 is 5.91 Å². The van der Waals surface area contributed by atoms with Crippen LogP contribution in [0.1, 0.15) is 49.8 Å². The van der Waals surface area contributed by atoms with Gasteiger partial charge in [0.15, 0.2) is 5.60 Å². The van der Waals surface area contributed by atoms with Crippen molar-refractivity contribution in [2.24, 2.45) is 17.8 Å². The Bertz CT molecular complexity index is 903. The lowest BCUT2D eigenvalue weighted by Gasteiger charge is -2.33. The fourth-order valence-corrected chi connectivity index (χ4v) is 6.09. The topological polar surface area (TPSA) is 64.6 Å². The number of benzene rings is 2.